The number of amides is 1. The minimum atomic E-state index is -0.843. The van der Waals surface area contributed by atoms with Gasteiger partial charge in [0.05, 0.1) is 17.4 Å². The van der Waals surface area contributed by atoms with Gasteiger partial charge < -0.3 is 14.7 Å². The molecule has 5 nitrogen and oxygen atoms in total. The van der Waals surface area contributed by atoms with Crippen molar-refractivity contribution in [2.45, 2.75) is 38.2 Å². The molecule has 1 N–H and O–H groups in total. The first-order valence-corrected chi connectivity index (χ1v) is 6.53. The van der Waals surface area contributed by atoms with Gasteiger partial charge in [-0.2, -0.15) is 0 Å². The molecule has 18 heavy (non-hydrogen) atoms. The maximum Gasteiger partial charge on any atom is 0.307 e. The second-order valence-electron chi connectivity index (χ2n) is 5.62. The highest BCUT2D eigenvalue weighted by atomic mass is 16.5. The first-order chi connectivity index (χ1) is 8.47. The zero-order chi connectivity index (χ0) is 13.3. The smallest absolute Gasteiger partial charge is 0.307 e. The van der Waals surface area contributed by atoms with Gasteiger partial charge in [0, 0.05) is 20.2 Å². The van der Waals surface area contributed by atoms with Crippen LogP contribution in [0, 0.1) is 11.8 Å². The molecule has 1 amide bonds. The van der Waals surface area contributed by atoms with Crippen LogP contribution in [-0.4, -0.2) is 47.7 Å². The van der Waals surface area contributed by atoms with E-state index >= 15 is 0 Å². The van der Waals surface area contributed by atoms with Gasteiger partial charge in [0.2, 0.25) is 5.91 Å². The Hall–Kier alpha value is -1.10. The Morgan fingerprint density at radius 1 is 1.28 bits per heavy atom. The highest BCUT2D eigenvalue weighted by Crippen LogP contribution is 2.40. The lowest BCUT2D eigenvalue weighted by Crippen LogP contribution is -2.35. The van der Waals surface area contributed by atoms with Crippen LogP contribution in [0.4, 0.5) is 0 Å². The summed E-state index contributed by atoms with van der Waals surface area (Å²) in [7, 11) is 1.71. The van der Waals surface area contributed by atoms with E-state index in [4.69, 9.17) is 9.84 Å². The highest BCUT2D eigenvalue weighted by molar-refractivity contribution is 5.89. The molecule has 0 aromatic rings. The van der Waals surface area contributed by atoms with Crippen molar-refractivity contribution in [3.63, 3.8) is 0 Å². The van der Waals surface area contributed by atoms with Gasteiger partial charge in [0.1, 0.15) is 0 Å². The number of ether oxygens (including phenoxy) is 1. The number of nitrogens with zero attached hydrogens (tertiary/aromatic N) is 1. The van der Waals surface area contributed by atoms with Crippen molar-refractivity contribution < 1.29 is 19.4 Å². The summed E-state index contributed by atoms with van der Waals surface area (Å²) >= 11 is 0. The van der Waals surface area contributed by atoms with Crippen LogP contribution in [0.15, 0.2) is 0 Å². The molecule has 5 heteroatoms. The zero-order valence-corrected chi connectivity index (χ0v) is 11.0. The molecule has 1 heterocycles. The summed E-state index contributed by atoms with van der Waals surface area (Å²) < 4.78 is 5.49. The number of hydrogen-bond acceptors (Lipinski definition) is 3. The van der Waals surface area contributed by atoms with Crippen LogP contribution in [0.1, 0.15) is 32.6 Å². The van der Waals surface area contributed by atoms with Crippen molar-refractivity contribution in [2.24, 2.45) is 11.8 Å². The fraction of sp³-hybridized carbons (Fsp3) is 0.846. The summed E-state index contributed by atoms with van der Waals surface area (Å²) in [5.74, 6) is -1.56. The van der Waals surface area contributed by atoms with Crippen molar-refractivity contribution >= 4 is 11.9 Å². The summed E-state index contributed by atoms with van der Waals surface area (Å²) in [5.41, 5.74) is -0.148. The third-order valence-corrected chi connectivity index (χ3v) is 4.27. The Balaban J connectivity index is 1.91. The molecular weight excluding hydrogens is 234 g/mol. The maximum atomic E-state index is 12.1. The molecule has 2 aliphatic rings. The SMILES string of the molecule is COC1(C)CCCN(C(=O)C2CC2C(=O)O)CC1. The van der Waals surface area contributed by atoms with Crippen LogP contribution in [-0.2, 0) is 14.3 Å². The summed E-state index contributed by atoms with van der Waals surface area (Å²) in [6, 6.07) is 0. The summed E-state index contributed by atoms with van der Waals surface area (Å²) in [5, 5.41) is 8.86. The minimum absolute atomic E-state index is 0.0164. The molecule has 0 bridgehead atoms. The van der Waals surface area contributed by atoms with Gasteiger partial charge >= 0.3 is 5.97 Å². The molecule has 3 atom stereocenters. The molecule has 0 aromatic heterocycles. The van der Waals surface area contributed by atoms with Gasteiger partial charge in [0.25, 0.3) is 0 Å². The third kappa shape index (κ3) is 2.66. The summed E-state index contributed by atoms with van der Waals surface area (Å²) in [4.78, 5) is 24.8. The third-order valence-electron chi connectivity index (χ3n) is 4.27. The molecule has 102 valence electrons. The normalized spacial score (nSPS) is 36.0. The van der Waals surface area contributed by atoms with Crippen molar-refractivity contribution in [3.05, 3.63) is 0 Å². The Morgan fingerprint density at radius 2 is 2.00 bits per heavy atom. The zero-order valence-electron chi connectivity index (χ0n) is 11.0. The van der Waals surface area contributed by atoms with E-state index in [-0.39, 0.29) is 17.4 Å². The molecule has 1 saturated carbocycles. The highest BCUT2D eigenvalue weighted by Gasteiger charge is 2.50. The first kappa shape index (κ1) is 13.3. The van der Waals surface area contributed by atoms with Gasteiger partial charge in [-0.25, -0.2) is 0 Å². The molecule has 2 rings (SSSR count). The van der Waals surface area contributed by atoms with Crippen LogP contribution in [0.3, 0.4) is 0 Å². The molecule has 0 aromatic carbocycles. The number of hydrogen-bond donors (Lipinski definition) is 1. The molecule has 1 saturated heterocycles. The van der Waals surface area contributed by atoms with E-state index < -0.39 is 11.9 Å². The lowest BCUT2D eigenvalue weighted by atomic mass is 9.97. The van der Waals surface area contributed by atoms with E-state index in [0.717, 1.165) is 25.8 Å². The molecule has 1 aliphatic heterocycles. The number of carboxylic acids is 1. The van der Waals surface area contributed by atoms with E-state index in [1.54, 1.807) is 7.11 Å². The number of carbonyl (C=O) groups excluding carboxylic acids is 1. The molecular formula is C13H21NO4. The van der Waals surface area contributed by atoms with Gasteiger partial charge in [-0.05, 0) is 32.6 Å². The van der Waals surface area contributed by atoms with E-state index in [1.165, 1.54) is 0 Å². The first-order valence-electron chi connectivity index (χ1n) is 6.53. The fourth-order valence-corrected chi connectivity index (χ4v) is 2.65. The fourth-order valence-electron chi connectivity index (χ4n) is 2.65. The van der Waals surface area contributed by atoms with Crippen LogP contribution in [0.25, 0.3) is 0 Å². The second kappa shape index (κ2) is 4.88. The van der Waals surface area contributed by atoms with Gasteiger partial charge in [-0.3, -0.25) is 9.59 Å². The molecule has 2 fully saturated rings. The van der Waals surface area contributed by atoms with Crippen molar-refractivity contribution in [3.8, 4) is 0 Å². The van der Waals surface area contributed by atoms with Gasteiger partial charge in [0.15, 0.2) is 0 Å². The van der Waals surface area contributed by atoms with E-state index in [9.17, 15) is 9.59 Å². The van der Waals surface area contributed by atoms with Crippen LogP contribution < -0.4 is 0 Å². The lowest BCUT2D eigenvalue weighted by molar-refractivity contribution is -0.142. The Kier molecular flexibility index (Phi) is 3.61. The monoisotopic (exact) mass is 255 g/mol. The number of likely N-dealkylation sites (tertiary alicyclic amines) is 1. The average molecular weight is 255 g/mol. The van der Waals surface area contributed by atoms with Crippen LogP contribution in [0.2, 0.25) is 0 Å². The van der Waals surface area contributed by atoms with Crippen molar-refractivity contribution in [1.82, 2.24) is 4.90 Å². The number of rotatable bonds is 3. The average Bonchev–Trinajstić information content (AvgIpc) is 3.12. The largest absolute Gasteiger partial charge is 0.481 e. The van der Waals surface area contributed by atoms with E-state index in [1.807, 2.05) is 4.90 Å². The predicted molar refractivity (Wildman–Crippen MR) is 65.1 cm³/mol. The maximum absolute atomic E-state index is 12.1. The van der Waals surface area contributed by atoms with Crippen molar-refractivity contribution in [1.29, 1.82) is 0 Å². The quantitative estimate of drug-likeness (QED) is 0.820. The Labute approximate surface area is 107 Å². The van der Waals surface area contributed by atoms with Crippen LogP contribution >= 0.6 is 0 Å². The minimum Gasteiger partial charge on any atom is -0.481 e. The number of methoxy groups -OCH3 is 1. The Bertz CT molecular complexity index is 357. The van der Waals surface area contributed by atoms with Gasteiger partial charge in [-0.1, -0.05) is 0 Å². The molecule has 0 spiro atoms. The predicted octanol–water partition coefficient (Wildman–Crippen LogP) is 1.12. The second-order valence-corrected chi connectivity index (χ2v) is 5.62. The molecule has 0 radical (unpaired) electrons. The standard InChI is InChI=1S/C13H21NO4/c1-13(18-2)4-3-6-14(7-5-13)11(15)9-8-10(9)12(16)17/h9-10H,3-8H2,1-2H3,(H,16,17). The van der Waals surface area contributed by atoms with Gasteiger partial charge in [-0.15, -0.1) is 0 Å². The number of carboxylic acid groups (broad SMARTS) is 1. The number of aliphatic carboxylic acids is 1. The number of carbonyl (C=O) groups is 2. The molecule has 3 unspecified atom stereocenters. The van der Waals surface area contributed by atoms with E-state index in [2.05, 4.69) is 6.92 Å². The Morgan fingerprint density at radius 3 is 2.56 bits per heavy atom. The van der Waals surface area contributed by atoms with E-state index in [0.29, 0.717) is 13.0 Å². The van der Waals surface area contributed by atoms with Crippen LogP contribution in [0.5, 0.6) is 0 Å². The van der Waals surface area contributed by atoms with Crippen molar-refractivity contribution in [2.75, 3.05) is 20.2 Å². The topological polar surface area (TPSA) is 66.8 Å². The summed E-state index contributed by atoms with van der Waals surface area (Å²) in [6.45, 7) is 3.46. The summed E-state index contributed by atoms with van der Waals surface area (Å²) in [6.07, 6.45) is 3.19. The lowest BCUT2D eigenvalue weighted by Gasteiger charge is -2.26. The molecule has 1 aliphatic carbocycles.